The van der Waals surface area contributed by atoms with Gasteiger partial charge in [-0.05, 0) is 30.3 Å². The van der Waals surface area contributed by atoms with Crippen molar-refractivity contribution < 1.29 is 0 Å². The topological polar surface area (TPSA) is 48.0 Å². The normalized spacial score (nSPS) is 11.7. The molecule has 5 aromatic rings. The highest BCUT2D eigenvalue weighted by atomic mass is 15.1. The van der Waals surface area contributed by atoms with Gasteiger partial charge in [0.2, 0.25) is 5.78 Å². The minimum atomic E-state index is 0.691. The molecular weight excluding hydrogens is 286 g/mol. The molecule has 5 heteroatoms. The molecule has 0 amide bonds. The average Bonchev–Trinajstić information content (AvgIpc) is 3.12. The minimum absolute atomic E-state index is 0.691. The molecule has 0 aliphatic rings. The molecule has 0 aliphatic heterocycles. The predicted molar refractivity (Wildman–Crippen MR) is 90.2 cm³/mol. The Morgan fingerprint density at radius 2 is 1.43 bits per heavy atom. The zero-order valence-corrected chi connectivity index (χ0v) is 12.5. The van der Waals surface area contributed by atoms with Gasteiger partial charge in [-0.25, -0.2) is 15.0 Å². The Morgan fingerprint density at radius 3 is 2.22 bits per heavy atom. The number of para-hydroxylation sites is 4. The lowest BCUT2D eigenvalue weighted by Gasteiger charge is -2.02. The van der Waals surface area contributed by atoms with Gasteiger partial charge < -0.3 is 4.57 Å². The van der Waals surface area contributed by atoms with Crippen LogP contribution in [0.3, 0.4) is 0 Å². The smallest absolute Gasteiger partial charge is 0.235 e. The summed E-state index contributed by atoms with van der Waals surface area (Å²) in [5.41, 5.74) is 4.90. The van der Waals surface area contributed by atoms with E-state index in [1.165, 1.54) is 0 Å². The molecule has 0 fully saturated rings. The van der Waals surface area contributed by atoms with Crippen LogP contribution in [0.1, 0.15) is 0 Å². The van der Waals surface area contributed by atoms with Crippen LogP contribution < -0.4 is 0 Å². The van der Waals surface area contributed by atoms with Gasteiger partial charge in [0.15, 0.2) is 5.82 Å². The second-order valence-electron chi connectivity index (χ2n) is 5.57. The van der Waals surface area contributed by atoms with E-state index in [1.54, 1.807) is 0 Å². The Morgan fingerprint density at radius 1 is 0.739 bits per heavy atom. The maximum atomic E-state index is 4.71. The van der Waals surface area contributed by atoms with Gasteiger partial charge in [0.25, 0.3) is 0 Å². The monoisotopic (exact) mass is 299 g/mol. The summed E-state index contributed by atoms with van der Waals surface area (Å²) in [5, 5.41) is 0. The summed E-state index contributed by atoms with van der Waals surface area (Å²) in [6, 6.07) is 18.1. The van der Waals surface area contributed by atoms with Crippen LogP contribution in [-0.4, -0.2) is 23.9 Å². The molecule has 3 aromatic heterocycles. The molecule has 0 radical (unpaired) electrons. The average molecular weight is 299 g/mol. The quantitative estimate of drug-likeness (QED) is 0.476. The first kappa shape index (κ1) is 12.3. The van der Waals surface area contributed by atoms with E-state index >= 15 is 0 Å². The van der Waals surface area contributed by atoms with E-state index in [2.05, 4.69) is 15.6 Å². The van der Waals surface area contributed by atoms with Crippen molar-refractivity contribution in [1.82, 2.24) is 23.9 Å². The van der Waals surface area contributed by atoms with Gasteiger partial charge in [-0.3, -0.25) is 4.40 Å². The number of aryl methyl sites for hydroxylation is 1. The van der Waals surface area contributed by atoms with Crippen LogP contribution in [0.2, 0.25) is 0 Å². The van der Waals surface area contributed by atoms with Crippen molar-refractivity contribution in [2.24, 2.45) is 7.05 Å². The Kier molecular flexibility index (Phi) is 2.36. The molecule has 23 heavy (non-hydrogen) atoms. The number of hydrogen-bond acceptors (Lipinski definition) is 3. The molecule has 0 saturated carbocycles. The van der Waals surface area contributed by atoms with E-state index in [4.69, 9.17) is 9.97 Å². The van der Waals surface area contributed by atoms with E-state index in [1.807, 2.05) is 66.2 Å². The van der Waals surface area contributed by atoms with Crippen LogP contribution >= 0.6 is 0 Å². The fraction of sp³-hybridized carbons (Fsp3) is 0.0556. The van der Waals surface area contributed by atoms with E-state index < -0.39 is 0 Å². The minimum Gasteiger partial charge on any atom is -0.326 e. The highest BCUT2D eigenvalue weighted by Crippen LogP contribution is 2.23. The van der Waals surface area contributed by atoms with Crippen molar-refractivity contribution in [3.8, 4) is 11.5 Å². The van der Waals surface area contributed by atoms with Crippen LogP contribution in [0.5, 0.6) is 0 Å². The number of benzene rings is 2. The van der Waals surface area contributed by atoms with E-state index in [0.717, 1.165) is 33.6 Å². The number of nitrogens with zero attached hydrogens (tertiary/aromatic N) is 5. The highest BCUT2D eigenvalue weighted by Gasteiger charge is 2.12. The van der Waals surface area contributed by atoms with E-state index in [0.29, 0.717) is 5.78 Å². The molecule has 0 spiro atoms. The maximum Gasteiger partial charge on any atom is 0.235 e. The molecule has 110 valence electrons. The summed E-state index contributed by atoms with van der Waals surface area (Å²) in [4.78, 5) is 14.0. The molecule has 5 rings (SSSR count). The zero-order valence-electron chi connectivity index (χ0n) is 12.5. The third-order valence-electron chi connectivity index (χ3n) is 4.20. The highest BCUT2D eigenvalue weighted by molar-refractivity contribution is 5.81. The molecule has 0 aliphatic carbocycles. The summed E-state index contributed by atoms with van der Waals surface area (Å²) in [6.07, 6.45) is 2.01. The fourth-order valence-corrected chi connectivity index (χ4v) is 3.05. The van der Waals surface area contributed by atoms with E-state index in [9.17, 15) is 0 Å². The van der Waals surface area contributed by atoms with Crippen LogP contribution in [-0.2, 0) is 7.05 Å². The van der Waals surface area contributed by atoms with Gasteiger partial charge in [0.05, 0.1) is 22.1 Å². The third kappa shape index (κ3) is 1.70. The number of fused-ring (bicyclic) bond motifs is 4. The van der Waals surface area contributed by atoms with Gasteiger partial charge in [0, 0.05) is 13.2 Å². The van der Waals surface area contributed by atoms with Crippen LogP contribution in [0.4, 0.5) is 0 Å². The molecule has 0 N–H and O–H groups in total. The number of imidazole rings is 2. The molecule has 2 aromatic carbocycles. The van der Waals surface area contributed by atoms with Crippen molar-refractivity contribution in [1.29, 1.82) is 0 Å². The summed E-state index contributed by atoms with van der Waals surface area (Å²) < 4.78 is 4.07. The van der Waals surface area contributed by atoms with Crippen molar-refractivity contribution >= 4 is 27.8 Å². The van der Waals surface area contributed by atoms with Gasteiger partial charge in [-0.2, -0.15) is 0 Å². The van der Waals surface area contributed by atoms with Gasteiger partial charge in [0.1, 0.15) is 5.69 Å². The Balaban J connectivity index is 1.78. The Bertz CT molecular complexity index is 1180. The van der Waals surface area contributed by atoms with Crippen LogP contribution in [0.25, 0.3) is 39.4 Å². The predicted octanol–water partition coefficient (Wildman–Crippen LogP) is 3.44. The molecule has 0 saturated heterocycles. The summed E-state index contributed by atoms with van der Waals surface area (Å²) in [5.74, 6) is 1.54. The fourth-order valence-electron chi connectivity index (χ4n) is 3.05. The van der Waals surface area contributed by atoms with Crippen LogP contribution in [0, 0.1) is 0 Å². The lowest BCUT2D eigenvalue weighted by Crippen LogP contribution is -1.97. The first-order valence-corrected chi connectivity index (χ1v) is 7.47. The lowest BCUT2D eigenvalue weighted by atomic mass is 10.3. The number of hydrogen-bond donors (Lipinski definition) is 0. The molecular formula is C18H13N5. The van der Waals surface area contributed by atoms with Crippen molar-refractivity contribution in [3.05, 3.63) is 60.8 Å². The van der Waals surface area contributed by atoms with Crippen molar-refractivity contribution in [3.63, 3.8) is 0 Å². The van der Waals surface area contributed by atoms with Gasteiger partial charge in [-0.1, -0.05) is 24.3 Å². The van der Waals surface area contributed by atoms with Crippen molar-refractivity contribution in [2.75, 3.05) is 0 Å². The standard InChI is InChI=1S/C18H13N5/c1-22-15-8-4-2-6-12(15)19-17(22)14-10-11-23-16-9-5-3-7-13(16)20-18(23)21-14/h2-11H,1H3. The number of rotatable bonds is 1. The molecule has 5 nitrogen and oxygen atoms in total. The molecule has 0 bridgehead atoms. The Hall–Kier alpha value is -3.21. The zero-order chi connectivity index (χ0) is 15.4. The summed E-state index contributed by atoms with van der Waals surface area (Å²) in [6.45, 7) is 0. The first-order valence-electron chi connectivity index (χ1n) is 7.47. The molecule has 0 atom stereocenters. The van der Waals surface area contributed by atoms with Crippen molar-refractivity contribution in [2.45, 2.75) is 0 Å². The summed E-state index contributed by atoms with van der Waals surface area (Å²) in [7, 11) is 2.01. The molecule has 3 heterocycles. The maximum absolute atomic E-state index is 4.71. The second kappa shape index (κ2) is 4.39. The Labute approximate surface area is 131 Å². The van der Waals surface area contributed by atoms with Crippen LogP contribution in [0.15, 0.2) is 60.8 Å². The second-order valence-corrected chi connectivity index (χ2v) is 5.57. The lowest BCUT2D eigenvalue weighted by molar-refractivity contribution is 0.947. The molecule has 0 unspecified atom stereocenters. The number of aromatic nitrogens is 5. The van der Waals surface area contributed by atoms with Gasteiger partial charge in [-0.15, -0.1) is 0 Å². The largest absolute Gasteiger partial charge is 0.326 e. The summed E-state index contributed by atoms with van der Waals surface area (Å²) >= 11 is 0. The van der Waals surface area contributed by atoms with Gasteiger partial charge >= 0.3 is 0 Å². The SMILES string of the molecule is Cn1c(-c2ccn3c(n2)nc2ccccc23)nc2ccccc21. The first-order chi connectivity index (χ1) is 11.3. The van der Waals surface area contributed by atoms with E-state index in [-0.39, 0.29) is 0 Å². The third-order valence-corrected chi connectivity index (χ3v) is 4.20.